The largest absolute Gasteiger partial charge is 0.485 e. The van der Waals surface area contributed by atoms with E-state index in [4.69, 9.17) is 39.7 Å². The van der Waals surface area contributed by atoms with E-state index < -0.39 is 48.1 Å². The monoisotopic (exact) mass is 735 g/mol. The first-order chi connectivity index (χ1) is 25.7. The van der Waals surface area contributed by atoms with Gasteiger partial charge in [-0.3, -0.25) is 0 Å². The average molecular weight is 736 g/mol. The Labute approximate surface area is 306 Å². The number of fused-ring (bicyclic) bond motifs is 1. The normalized spacial score (nSPS) is 18.0. The number of hydrogen-bond acceptors (Lipinski definition) is 12. The van der Waals surface area contributed by atoms with Crippen molar-refractivity contribution in [2.45, 2.75) is 38.1 Å². The molecule has 3 heterocycles. The highest BCUT2D eigenvalue weighted by Gasteiger charge is 2.52. The van der Waals surface area contributed by atoms with Gasteiger partial charge in [0, 0.05) is 17.5 Å². The molecule has 2 aromatic heterocycles. The Hall–Kier alpha value is -6.31. The van der Waals surface area contributed by atoms with Crippen LogP contribution in [0.3, 0.4) is 0 Å². The molecule has 1 aliphatic rings. The summed E-state index contributed by atoms with van der Waals surface area (Å²) < 4.78 is 36.4. The number of benzene rings is 4. The predicted octanol–water partition coefficient (Wildman–Crippen LogP) is 6.13. The molecule has 4 atom stereocenters. The first kappa shape index (κ1) is 35.1. The van der Waals surface area contributed by atoms with Gasteiger partial charge in [-0.15, -0.1) is 5.10 Å². The summed E-state index contributed by atoms with van der Waals surface area (Å²) in [4.78, 5) is 51.7. The van der Waals surface area contributed by atoms with E-state index in [0.717, 1.165) is 0 Å². The SMILES string of the molecule is Cc1cc(=O)oc2cc(OCc3cn([C@@H]4O[C@H](COC(=O)c5ccccc5)[C@@H](OC(=O)c5ccccc5)[C@H]4OC(=O)c4ccccc4)nn3)c(Cl)cc12. The highest BCUT2D eigenvalue weighted by Crippen LogP contribution is 2.36. The van der Waals surface area contributed by atoms with Crippen LogP contribution >= 0.6 is 11.6 Å². The van der Waals surface area contributed by atoms with Gasteiger partial charge < -0.3 is 28.1 Å². The lowest BCUT2D eigenvalue weighted by atomic mass is 10.1. The summed E-state index contributed by atoms with van der Waals surface area (Å²) in [6, 6.07) is 29.4. The van der Waals surface area contributed by atoms with Crippen molar-refractivity contribution >= 4 is 40.5 Å². The molecule has 6 aromatic rings. The molecule has 0 amide bonds. The molecular weight excluding hydrogens is 706 g/mol. The summed E-state index contributed by atoms with van der Waals surface area (Å²) in [6.07, 6.45) is -3.34. The van der Waals surface area contributed by atoms with Crippen molar-refractivity contribution in [1.82, 2.24) is 15.0 Å². The minimum absolute atomic E-state index is 0.118. The van der Waals surface area contributed by atoms with Crippen LogP contribution in [0, 0.1) is 6.92 Å². The molecule has 1 aliphatic heterocycles. The zero-order valence-electron chi connectivity index (χ0n) is 28.0. The molecule has 0 spiro atoms. The number of hydrogen-bond donors (Lipinski definition) is 0. The van der Waals surface area contributed by atoms with Gasteiger partial charge in [0.05, 0.1) is 27.9 Å². The molecule has 1 fully saturated rings. The van der Waals surface area contributed by atoms with Gasteiger partial charge in [0.25, 0.3) is 0 Å². The maximum Gasteiger partial charge on any atom is 0.338 e. The minimum Gasteiger partial charge on any atom is -0.485 e. The first-order valence-corrected chi connectivity index (χ1v) is 16.8. The van der Waals surface area contributed by atoms with Gasteiger partial charge in [-0.25, -0.2) is 23.9 Å². The zero-order chi connectivity index (χ0) is 36.9. The Morgan fingerprint density at radius 2 is 1.38 bits per heavy atom. The van der Waals surface area contributed by atoms with Crippen molar-refractivity contribution in [3.63, 3.8) is 0 Å². The third-order valence-corrected chi connectivity index (χ3v) is 8.67. The molecule has 53 heavy (non-hydrogen) atoms. The van der Waals surface area contributed by atoms with Crippen LogP contribution in [0.5, 0.6) is 5.75 Å². The Balaban J connectivity index is 1.17. The topological polar surface area (TPSA) is 158 Å². The number of aromatic nitrogens is 3. The van der Waals surface area contributed by atoms with Crippen LogP contribution in [0.25, 0.3) is 11.0 Å². The van der Waals surface area contributed by atoms with Crippen LogP contribution < -0.4 is 10.4 Å². The molecule has 1 saturated heterocycles. The van der Waals surface area contributed by atoms with Gasteiger partial charge in [0.15, 0.2) is 18.4 Å². The number of halogens is 1. The minimum atomic E-state index is -1.28. The summed E-state index contributed by atoms with van der Waals surface area (Å²) in [5, 5.41) is 9.36. The van der Waals surface area contributed by atoms with E-state index in [1.54, 1.807) is 104 Å². The van der Waals surface area contributed by atoms with Crippen molar-refractivity contribution < 1.29 is 42.5 Å². The lowest BCUT2D eigenvalue weighted by molar-refractivity contribution is -0.0678. The first-order valence-electron chi connectivity index (χ1n) is 16.4. The molecule has 14 heteroatoms. The second kappa shape index (κ2) is 15.5. The van der Waals surface area contributed by atoms with E-state index >= 15 is 0 Å². The molecule has 0 N–H and O–H groups in total. The molecular formula is C39H30ClN3O10. The van der Waals surface area contributed by atoms with Crippen molar-refractivity contribution in [2.75, 3.05) is 6.61 Å². The van der Waals surface area contributed by atoms with Crippen molar-refractivity contribution in [3.05, 3.63) is 159 Å². The van der Waals surface area contributed by atoms with E-state index in [2.05, 4.69) is 10.3 Å². The fourth-order valence-electron chi connectivity index (χ4n) is 5.76. The predicted molar refractivity (Wildman–Crippen MR) is 189 cm³/mol. The average Bonchev–Trinajstić information content (AvgIpc) is 3.78. The summed E-state index contributed by atoms with van der Waals surface area (Å²) >= 11 is 6.49. The van der Waals surface area contributed by atoms with Gasteiger partial charge >= 0.3 is 23.5 Å². The van der Waals surface area contributed by atoms with Crippen molar-refractivity contribution in [2.24, 2.45) is 0 Å². The van der Waals surface area contributed by atoms with Crippen LogP contribution in [-0.4, -0.2) is 57.8 Å². The fourth-order valence-corrected chi connectivity index (χ4v) is 5.97. The van der Waals surface area contributed by atoms with Crippen LogP contribution in [0.2, 0.25) is 5.02 Å². The molecule has 13 nitrogen and oxygen atoms in total. The molecule has 0 bridgehead atoms. The fraction of sp³-hybridized carbons (Fsp3) is 0.179. The molecule has 0 saturated carbocycles. The molecule has 7 rings (SSSR count). The number of esters is 3. The third kappa shape index (κ3) is 7.96. The van der Waals surface area contributed by atoms with Crippen LogP contribution in [-0.2, 0) is 25.6 Å². The quantitative estimate of drug-likeness (QED) is 0.0853. The number of rotatable bonds is 11. The molecule has 4 aromatic carbocycles. The van der Waals surface area contributed by atoms with Gasteiger partial charge in [0.1, 0.15) is 36.3 Å². The number of nitrogens with zero attached hydrogens (tertiary/aromatic N) is 3. The Bertz CT molecular complexity index is 2320. The number of ether oxygens (including phenoxy) is 5. The van der Waals surface area contributed by atoms with Crippen LogP contribution in [0.4, 0.5) is 0 Å². The maximum absolute atomic E-state index is 13.5. The lowest BCUT2D eigenvalue weighted by Gasteiger charge is -2.24. The maximum atomic E-state index is 13.5. The molecule has 0 unspecified atom stereocenters. The Morgan fingerprint density at radius 1 is 0.792 bits per heavy atom. The van der Waals surface area contributed by atoms with Gasteiger partial charge in [-0.05, 0) is 55.0 Å². The van der Waals surface area contributed by atoms with Gasteiger partial charge in [0.2, 0.25) is 0 Å². The van der Waals surface area contributed by atoms with Crippen LogP contribution in [0.15, 0.2) is 125 Å². The highest BCUT2D eigenvalue weighted by atomic mass is 35.5. The third-order valence-electron chi connectivity index (χ3n) is 8.38. The Kier molecular flexibility index (Phi) is 10.3. The smallest absolute Gasteiger partial charge is 0.338 e. The van der Waals surface area contributed by atoms with Gasteiger partial charge in [-0.2, -0.15) is 0 Å². The zero-order valence-corrected chi connectivity index (χ0v) is 28.8. The van der Waals surface area contributed by atoms with E-state index in [0.29, 0.717) is 27.8 Å². The number of carbonyl (C=O) groups excluding carboxylic acids is 3. The van der Waals surface area contributed by atoms with E-state index in [-0.39, 0.29) is 35.1 Å². The Morgan fingerprint density at radius 3 is 2.00 bits per heavy atom. The van der Waals surface area contributed by atoms with Gasteiger partial charge in [-0.1, -0.05) is 71.4 Å². The lowest BCUT2D eigenvalue weighted by Crippen LogP contribution is -2.41. The standard InChI is InChI=1S/C39H30ClN3O10/c1-23-17-33(44)50-30-19-31(29(40)18-28(23)30)48-21-27-20-43(42-41-27)36-35(53-39(47)26-15-9-4-10-16-26)34(52-38(46)25-13-7-3-8-14-25)32(51-36)22-49-37(45)24-11-5-2-6-12-24/h2-20,32,34-36H,21-22H2,1H3/t32-,34-,35-,36-/m1/s1. The van der Waals surface area contributed by atoms with Crippen molar-refractivity contribution in [1.29, 1.82) is 0 Å². The van der Waals surface area contributed by atoms with Crippen molar-refractivity contribution in [3.8, 4) is 5.75 Å². The summed E-state index contributed by atoms with van der Waals surface area (Å²) in [6.45, 7) is 1.29. The molecule has 268 valence electrons. The second-order valence-corrected chi connectivity index (χ2v) is 12.4. The molecule has 0 radical (unpaired) electrons. The summed E-state index contributed by atoms with van der Waals surface area (Å²) in [5.41, 5.74) is 1.60. The highest BCUT2D eigenvalue weighted by molar-refractivity contribution is 6.32. The second-order valence-electron chi connectivity index (χ2n) is 12.0. The number of aryl methyl sites for hydroxylation is 1. The van der Waals surface area contributed by atoms with E-state index in [1.807, 2.05) is 0 Å². The number of carbonyl (C=O) groups is 3. The van der Waals surface area contributed by atoms with E-state index in [1.165, 1.54) is 23.0 Å². The van der Waals surface area contributed by atoms with E-state index in [9.17, 15) is 19.2 Å². The van der Waals surface area contributed by atoms with Crippen LogP contribution in [0.1, 0.15) is 48.6 Å². The summed E-state index contributed by atoms with van der Waals surface area (Å²) in [7, 11) is 0. The summed E-state index contributed by atoms with van der Waals surface area (Å²) in [5.74, 6) is -1.83. The molecule has 0 aliphatic carbocycles.